The number of fused-ring (bicyclic) bond motifs is 1. The number of rotatable bonds is 9. The normalized spacial score (nSPS) is 12.9. The highest BCUT2D eigenvalue weighted by atomic mass is 32.2. The van der Waals surface area contributed by atoms with E-state index >= 15 is 0 Å². The maximum atomic E-state index is 13.8. The Balaban J connectivity index is 1.70. The highest BCUT2D eigenvalue weighted by Gasteiger charge is 2.20. The molecule has 0 fully saturated rings. The van der Waals surface area contributed by atoms with Crippen LogP contribution in [0.1, 0.15) is 31.7 Å². The van der Waals surface area contributed by atoms with Crippen LogP contribution in [0, 0.1) is 5.82 Å². The Morgan fingerprint density at radius 2 is 1.94 bits per heavy atom. The van der Waals surface area contributed by atoms with Gasteiger partial charge in [-0.3, -0.25) is 4.79 Å². The van der Waals surface area contributed by atoms with E-state index in [1.165, 1.54) is 24.5 Å². The summed E-state index contributed by atoms with van der Waals surface area (Å²) in [6.07, 6.45) is 1.05. The summed E-state index contributed by atoms with van der Waals surface area (Å²) in [5, 5.41) is 2.91. The molecule has 1 amide bonds. The van der Waals surface area contributed by atoms with E-state index in [9.17, 15) is 17.6 Å². The van der Waals surface area contributed by atoms with E-state index in [1.54, 1.807) is 36.4 Å². The smallest absolute Gasteiger partial charge is 0.242 e. The number of amides is 1. The van der Waals surface area contributed by atoms with E-state index in [2.05, 4.69) is 10.3 Å². The van der Waals surface area contributed by atoms with E-state index in [0.29, 0.717) is 30.5 Å². The number of halogens is 1. The molecule has 0 aliphatic carbocycles. The molecule has 1 heterocycles. The van der Waals surface area contributed by atoms with E-state index in [4.69, 9.17) is 0 Å². The lowest BCUT2D eigenvalue weighted by Gasteiger charge is -2.14. The zero-order chi connectivity index (χ0) is 23.5. The second-order valence-electron chi connectivity index (χ2n) is 7.97. The fourth-order valence-electron chi connectivity index (χ4n) is 3.69. The summed E-state index contributed by atoms with van der Waals surface area (Å²) in [7, 11) is -0.579. The van der Waals surface area contributed by atoms with Crippen molar-refractivity contribution in [2.75, 3.05) is 14.1 Å². The van der Waals surface area contributed by atoms with Crippen molar-refractivity contribution in [3.63, 3.8) is 0 Å². The standard InChI is InChI=1S/C23H29FN4O3S/c1-5-28-21-11-10-18(32(30,31)27(3)4)15-20(21)26-22(28)12-13-23(29)25-16(2)14-17-8-6-7-9-19(17)24/h6-11,15-16H,5,12-14H2,1-4H3,(H,25,29). The molecular formula is C23H29FN4O3S. The second-order valence-corrected chi connectivity index (χ2v) is 10.1. The number of nitrogens with one attached hydrogen (secondary N) is 1. The molecule has 172 valence electrons. The number of nitrogens with zero attached hydrogens (tertiary/aromatic N) is 3. The maximum Gasteiger partial charge on any atom is 0.242 e. The van der Waals surface area contributed by atoms with Gasteiger partial charge in [-0.05, 0) is 50.1 Å². The van der Waals surface area contributed by atoms with Crippen molar-refractivity contribution in [3.8, 4) is 0 Å². The van der Waals surface area contributed by atoms with Gasteiger partial charge in [0.15, 0.2) is 0 Å². The minimum Gasteiger partial charge on any atom is -0.353 e. The minimum atomic E-state index is -3.55. The summed E-state index contributed by atoms with van der Waals surface area (Å²) in [5.74, 6) is 0.305. The number of imidazole rings is 1. The molecule has 1 N–H and O–H groups in total. The van der Waals surface area contributed by atoms with Gasteiger partial charge in [0.2, 0.25) is 15.9 Å². The fourth-order valence-corrected chi connectivity index (χ4v) is 4.61. The Morgan fingerprint density at radius 1 is 1.22 bits per heavy atom. The van der Waals surface area contributed by atoms with Crippen LogP contribution in [0.5, 0.6) is 0 Å². The van der Waals surface area contributed by atoms with Gasteiger partial charge in [0.25, 0.3) is 0 Å². The molecule has 0 saturated heterocycles. The lowest BCUT2D eigenvalue weighted by molar-refractivity contribution is -0.121. The molecule has 3 aromatic rings. The molecule has 2 aromatic carbocycles. The molecule has 3 rings (SSSR count). The molecule has 9 heteroatoms. The van der Waals surface area contributed by atoms with Crippen molar-refractivity contribution in [2.45, 2.75) is 50.6 Å². The summed E-state index contributed by atoms with van der Waals surface area (Å²) in [4.78, 5) is 17.2. The number of aryl methyl sites for hydroxylation is 2. The lowest BCUT2D eigenvalue weighted by atomic mass is 10.1. The summed E-state index contributed by atoms with van der Waals surface area (Å²) in [6.45, 7) is 4.47. The van der Waals surface area contributed by atoms with Gasteiger partial charge in [-0.25, -0.2) is 22.1 Å². The molecular weight excluding hydrogens is 431 g/mol. The van der Waals surface area contributed by atoms with Crippen molar-refractivity contribution in [2.24, 2.45) is 0 Å². The average molecular weight is 461 g/mol. The van der Waals surface area contributed by atoms with Gasteiger partial charge >= 0.3 is 0 Å². The second kappa shape index (κ2) is 9.79. The Bertz CT molecular complexity index is 1220. The van der Waals surface area contributed by atoms with Gasteiger partial charge in [-0.2, -0.15) is 0 Å². The third-order valence-corrected chi connectivity index (χ3v) is 7.17. The Kier molecular flexibility index (Phi) is 7.30. The maximum absolute atomic E-state index is 13.8. The lowest BCUT2D eigenvalue weighted by Crippen LogP contribution is -2.34. The van der Waals surface area contributed by atoms with Crippen LogP contribution in [-0.2, 0) is 34.2 Å². The number of aromatic nitrogens is 2. The topological polar surface area (TPSA) is 84.3 Å². The first-order valence-electron chi connectivity index (χ1n) is 10.6. The van der Waals surface area contributed by atoms with Gasteiger partial charge in [-0.15, -0.1) is 0 Å². The first kappa shape index (κ1) is 23.9. The number of benzene rings is 2. The number of carbonyl (C=O) groups excluding carboxylic acids is 1. The van der Waals surface area contributed by atoms with E-state index in [1.807, 2.05) is 18.4 Å². The highest BCUT2D eigenvalue weighted by molar-refractivity contribution is 7.89. The molecule has 0 aliphatic rings. The predicted octanol–water partition coefficient (Wildman–Crippen LogP) is 3.13. The first-order chi connectivity index (χ1) is 15.1. The van der Waals surface area contributed by atoms with E-state index in [0.717, 1.165) is 11.3 Å². The molecule has 0 spiro atoms. The number of carbonyl (C=O) groups is 1. The largest absolute Gasteiger partial charge is 0.353 e. The number of hydrogen-bond acceptors (Lipinski definition) is 4. The number of sulfonamides is 1. The van der Waals surface area contributed by atoms with Crippen LogP contribution in [0.3, 0.4) is 0 Å². The van der Waals surface area contributed by atoms with Crippen LogP contribution in [0.4, 0.5) is 4.39 Å². The summed E-state index contributed by atoms with van der Waals surface area (Å²) < 4.78 is 41.8. The van der Waals surface area contributed by atoms with Crippen LogP contribution in [0.25, 0.3) is 11.0 Å². The molecule has 0 aliphatic heterocycles. The number of hydrogen-bond donors (Lipinski definition) is 1. The highest BCUT2D eigenvalue weighted by Crippen LogP contribution is 2.23. The Hall–Kier alpha value is -2.78. The fraction of sp³-hybridized carbons (Fsp3) is 0.391. The summed E-state index contributed by atoms with van der Waals surface area (Å²) in [6, 6.07) is 11.2. The molecule has 1 atom stereocenters. The molecule has 0 saturated carbocycles. The monoisotopic (exact) mass is 460 g/mol. The van der Waals surface area contributed by atoms with Crippen LogP contribution in [0.15, 0.2) is 47.4 Å². The first-order valence-corrected chi connectivity index (χ1v) is 12.0. The van der Waals surface area contributed by atoms with Crippen LogP contribution >= 0.6 is 0 Å². The quantitative estimate of drug-likeness (QED) is 0.532. The molecule has 0 radical (unpaired) electrons. The zero-order valence-corrected chi connectivity index (χ0v) is 19.6. The third-order valence-electron chi connectivity index (χ3n) is 5.36. The molecule has 1 aromatic heterocycles. The molecule has 32 heavy (non-hydrogen) atoms. The van der Waals surface area contributed by atoms with E-state index in [-0.39, 0.29) is 29.1 Å². The van der Waals surface area contributed by atoms with Gasteiger partial charge < -0.3 is 9.88 Å². The average Bonchev–Trinajstić information content (AvgIpc) is 3.10. The molecule has 0 bridgehead atoms. The van der Waals surface area contributed by atoms with E-state index < -0.39 is 10.0 Å². The minimum absolute atomic E-state index is 0.139. The Morgan fingerprint density at radius 3 is 2.59 bits per heavy atom. The van der Waals surface area contributed by atoms with Gasteiger partial charge in [0, 0.05) is 39.5 Å². The van der Waals surface area contributed by atoms with Crippen molar-refractivity contribution < 1.29 is 17.6 Å². The SMILES string of the molecule is CCn1c(CCC(=O)NC(C)Cc2ccccc2F)nc2cc(S(=O)(=O)N(C)C)ccc21. The molecule has 7 nitrogen and oxygen atoms in total. The van der Waals surface area contributed by atoms with Gasteiger partial charge in [0.1, 0.15) is 11.6 Å². The zero-order valence-electron chi connectivity index (χ0n) is 18.8. The summed E-state index contributed by atoms with van der Waals surface area (Å²) >= 11 is 0. The van der Waals surface area contributed by atoms with Gasteiger partial charge in [0.05, 0.1) is 15.9 Å². The molecule has 1 unspecified atom stereocenters. The third kappa shape index (κ3) is 5.16. The Labute approximate surface area is 188 Å². The van der Waals surface area contributed by atoms with Crippen LogP contribution in [0.2, 0.25) is 0 Å². The van der Waals surface area contributed by atoms with Crippen molar-refractivity contribution in [1.82, 2.24) is 19.2 Å². The predicted molar refractivity (Wildman–Crippen MR) is 122 cm³/mol. The van der Waals surface area contributed by atoms with Gasteiger partial charge in [-0.1, -0.05) is 18.2 Å². The summed E-state index contributed by atoms with van der Waals surface area (Å²) in [5.41, 5.74) is 1.98. The van der Waals surface area contributed by atoms with Crippen molar-refractivity contribution in [1.29, 1.82) is 0 Å². The van der Waals surface area contributed by atoms with Crippen LogP contribution in [-0.4, -0.2) is 48.3 Å². The van der Waals surface area contributed by atoms with Crippen molar-refractivity contribution >= 4 is 27.0 Å². The van der Waals surface area contributed by atoms with Crippen LogP contribution < -0.4 is 5.32 Å². The van der Waals surface area contributed by atoms with Crippen molar-refractivity contribution in [3.05, 3.63) is 59.7 Å².